The van der Waals surface area contributed by atoms with Gasteiger partial charge in [0.05, 0.1) is 0 Å². The zero-order valence-electron chi connectivity index (χ0n) is 10.1. The molecule has 3 heteroatoms. The first-order valence-electron chi connectivity index (χ1n) is 5.52. The zero-order chi connectivity index (χ0) is 12.0. The molecule has 0 aliphatic heterocycles. The maximum absolute atomic E-state index is 5.36. The number of benzene rings is 1. The minimum Gasteiger partial charge on any atom is -0.257 e. The van der Waals surface area contributed by atoms with E-state index >= 15 is 0 Å². The van der Waals surface area contributed by atoms with Crippen molar-refractivity contribution in [1.29, 1.82) is 0 Å². The van der Waals surface area contributed by atoms with Gasteiger partial charge in [-0.1, -0.05) is 55.9 Å². The Morgan fingerprint density at radius 3 is 2.50 bits per heavy atom. The summed E-state index contributed by atoms with van der Waals surface area (Å²) < 4.78 is 0. The lowest BCUT2D eigenvalue weighted by Gasteiger charge is -2.15. The summed E-state index contributed by atoms with van der Waals surface area (Å²) in [5.41, 5.74) is 2.15. The van der Waals surface area contributed by atoms with Crippen molar-refractivity contribution in [2.75, 3.05) is 7.05 Å². The smallest absolute Gasteiger partial charge is 0.129 e. The van der Waals surface area contributed by atoms with Crippen molar-refractivity contribution in [1.82, 2.24) is 5.01 Å². The molecule has 2 nitrogen and oxygen atoms in total. The topological polar surface area (TPSA) is 15.6 Å². The highest BCUT2D eigenvalue weighted by atomic mass is 32.1. The maximum atomic E-state index is 5.36. The molecular formula is C13H18N2S. The van der Waals surface area contributed by atoms with E-state index in [-0.39, 0.29) is 0 Å². The fourth-order valence-corrected chi connectivity index (χ4v) is 1.66. The van der Waals surface area contributed by atoms with E-state index in [1.54, 1.807) is 5.01 Å². The summed E-state index contributed by atoms with van der Waals surface area (Å²) >= 11 is 5.36. The number of hydrogen-bond donors (Lipinski definition) is 0. The molecular weight excluding hydrogens is 216 g/mol. The Kier molecular flexibility index (Phi) is 5.12. The first-order chi connectivity index (χ1) is 7.65. The van der Waals surface area contributed by atoms with E-state index in [4.69, 9.17) is 12.2 Å². The lowest BCUT2D eigenvalue weighted by atomic mass is 10.2. The summed E-state index contributed by atoms with van der Waals surface area (Å²) in [7, 11) is 1.90. The van der Waals surface area contributed by atoms with Gasteiger partial charge in [-0.25, -0.2) is 0 Å². The van der Waals surface area contributed by atoms with Gasteiger partial charge in [-0.2, -0.15) is 5.10 Å². The van der Waals surface area contributed by atoms with Crippen LogP contribution < -0.4 is 0 Å². The summed E-state index contributed by atoms with van der Waals surface area (Å²) in [6.07, 6.45) is 2.13. The molecule has 16 heavy (non-hydrogen) atoms. The molecule has 0 heterocycles. The average molecular weight is 234 g/mol. The standard InChI is InChI=1S/C13H18N2S/c1-4-8-11(2)14-15(3)13(16)12-9-6-5-7-10-12/h5-7,9-10H,4,8H2,1-3H3. The van der Waals surface area contributed by atoms with E-state index in [0.29, 0.717) is 0 Å². The Labute approximate surface area is 103 Å². The fourth-order valence-electron chi connectivity index (χ4n) is 1.48. The van der Waals surface area contributed by atoms with Crippen molar-refractivity contribution in [2.45, 2.75) is 26.7 Å². The Balaban J connectivity index is 2.72. The summed E-state index contributed by atoms with van der Waals surface area (Å²) in [4.78, 5) is 0.760. The first-order valence-corrected chi connectivity index (χ1v) is 5.93. The highest BCUT2D eigenvalue weighted by Crippen LogP contribution is 2.06. The van der Waals surface area contributed by atoms with E-state index in [1.165, 1.54) is 0 Å². The van der Waals surface area contributed by atoms with Crippen LogP contribution in [0, 0.1) is 0 Å². The van der Waals surface area contributed by atoms with Crippen molar-refractivity contribution >= 4 is 22.9 Å². The third-order valence-corrected chi connectivity index (χ3v) is 2.75. The van der Waals surface area contributed by atoms with Crippen LogP contribution in [0.5, 0.6) is 0 Å². The van der Waals surface area contributed by atoms with Crippen molar-refractivity contribution < 1.29 is 0 Å². The molecule has 0 saturated carbocycles. The average Bonchev–Trinajstić information content (AvgIpc) is 2.29. The minimum absolute atomic E-state index is 0.760. The van der Waals surface area contributed by atoms with Gasteiger partial charge in [0.1, 0.15) is 4.99 Å². The van der Waals surface area contributed by atoms with Gasteiger partial charge >= 0.3 is 0 Å². The Morgan fingerprint density at radius 2 is 1.94 bits per heavy atom. The maximum Gasteiger partial charge on any atom is 0.129 e. The van der Waals surface area contributed by atoms with Crippen molar-refractivity contribution in [3.05, 3.63) is 35.9 Å². The van der Waals surface area contributed by atoms with Crippen LogP contribution in [0.3, 0.4) is 0 Å². The second-order valence-electron chi connectivity index (χ2n) is 3.78. The third-order valence-electron chi connectivity index (χ3n) is 2.25. The number of nitrogens with zero attached hydrogens (tertiary/aromatic N) is 2. The van der Waals surface area contributed by atoms with Gasteiger partial charge in [0.15, 0.2) is 0 Å². The van der Waals surface area contributed by atoms with E-state index < -0.39 is 0 Å². The molecule has 0 amide bonds. The summed E-state index contributed by atoms with van der Waals surface area (Å²) in [5.74, 6) is 0. The number of hydrazone groups is 1. The molecule has 0 unspecified atom stereocenters. The molecule has 0 aliphatic rings. The van der Waals surface area contributed by atoms with Crippen LogP contribution in [0.2, 0.25) is 0 Å². The quantitative estimate of drug-likeness (QED) is 0.450. The van der Waals surface area contributed by atoms with Gasteiger partial charge in [-0.05, 0) is 13.3 Å². The van der Waals surface area contributed by atoms with Crippen molar-refractivity contribution in [3.63, 3.8) is 0 Å². The fraction of sp³-hybridized carbons (Fsp3) is 0.385. The predicted octanol–water partition coefficient (Wildman–Crippen LogP) is 3.47. The minimum atomic E-state index is 0.760. The van der Waals surface area contributed by atoms with Crippen LogP contribution in [0.4, 0.5) is 0 Å². The molecule has 1 rings (SSSR count). The summed E-state index contributed by atoms with van der Waals surface area (Å²) in [5, 5.41) is 6.23. The van der Waals surface area contributed by atoms with Crippen LogP contribution in [0.1, 0.15) is 32.3 Å². The molecule has 0 atom stereocenters. The van der Waals surface area contributed by atoms with E-state index in [9.17, 15) is 0 Å². The van der Waals surface area contributed by atoms with Crippen LogP contribution in [0.25, 0.3) is 0 Å². The highest BCUT2D eigenvalue weighted by molar-refractivity contribution is 7.80. The largest absolute Gasteiger partial charge is 0.257 e. The SMILES string of the molecule is CCCC(C)=NN(C)C(=S)c1ccccc1. The van der Waals surface area contributed by atoms with Crippen molar-refractivity contribution in [2.24, 2.45) is 5.10 Å². The summed E-state index contributed by atoms with van der Waals surface area (Å²) in [6, 6.07) is 9.96. The van der Waals surface area contributed by atoms with Crippen LogP contribution in [0.15, 0.2) is 35.4 Å². The molecule has 86 valence electrons. The normalized spacial score (nSPS) is 11.3. The molecule has 0 N–H and O–H groups in total. The van der Waals surface area contributed by atoms with Gasteiger partial charge in [0.25, 0.3) is 0 Å². The monoisotopic (exact) mass is 234 g/mol. The summed E-state index contributed by atoms with van der Waals surface area (Å²) in [6.45, 7) is 4.18. The highest BCUT2D eigenvalue weighted by Gasteiger charge is 2.05. The number of thiocarbonyl (C=S) groups is 1. The Hall–Kier alpha value is -1.22. The van der Waals surface area contributed by atoms with Crippen LogP contribution in [-0.4, -0.2) is 22.8 Å². The van der Waals surface area contributed by atoms with E-state index in [0.717, 1.165) is 29.1 Å². The van der Waals surface area contributed by atoms with Gasteiger partial charge in [-0.15, -0.1) is 0 Å². The predicted molar refractivity (Wildman–Crippen MR) is 73.9 cm³/mol. The van der Waals surface area contributed by atoms with Gasteiger partial charge in [0, 0.05) is 18.3 Å². The molecule has 0 aliphatic carbocycles. The molecule has 1 aromatic rings. The lowest BCUT2D eigenvalue weighted by molar-refractivity contribution is 0.552. The van der Waals surface area contributed by atoms with Crippen molar-refractivity contribution in [3.8, 4) is 0 Å². The Bertz CT molecular complexity index is 371. The molecule has 1 aromatic carbocycles. The van der Waals surface area contributed by atoms with Crippen LogP contribution >= 0.6 is 12.2 Å². The molecule has 0 aromatic heterocycles. The second kappa shape index (κ2) is 6.38. The van der Waals surface area contributed by atoms with E-state index in [2.05, 4.69) is 12.0 Å². The van der Waals surface area contributed by atoms with Gasteiger partial charge in [0.2, 0.25) is 0 Å². The second-order valence-corrected chi connectivity index (χ2v) is 4.17. The number of hydrogen-bond acceptors (Lipinski definition) is 2. The van der Waals surface area contributed by atoms with Gasteiger partial charge < -0.3 is 0 Å². The Morgan fingerprint density at radius 1 is 1.31 bits per heavy atom. The zero-order valence-corrected chi connectivity index (χ0v) is 10.9. The molecule has 0 radical (unpaired) electrons. The molecule has 0 fully saturated rings. The number of rotatable bonds is 4. The molecule has 0 bridgehead atoms. The molecule has 0 saturated heterocycles. The van der Waals surface area contributed by atoms with Crippen LogP contribution in [-0.2, 0) is 0 Å². The van der Waals surface area contributed by atoms with E-state index in [1.807, 2.05) is 44.3 Å². The first kappa shape index (κ1) is 12.8. The molecule has 0 spiro atoms. The van der Waals surface area contributed by atoms with Gasteiger partial charge in [-0.3, -0.25) is 5.01 Å². The third kappa shape index (κ3) is 3.74. The lowest BCUT2D eigenvalue weighted by Crippen LogP contribution is -2.21.